The highest BCUT2D eigenvalue weighted by Gasteiger charge is 2.42. The molecule has 2 aromatic rings. The highest BCUT2D eigenvalue weighted by Crippen LogP contribution is 2.42. The lowest BCUT2D eigenvalue weighted by atomic mass is 9.74. The van der Waals surface area contributed by atoms with Crippen molar-refractivity contribution in [1.82, 2.24) is 20.0 Å². The Morgan fingerprint density at radius 2 is 1.94 bits per heavy atom. The van der Waals surface area contributed by atoms with Gasteiger partial charge >= 0.3 is 6.09 Å². The predicted octanol–water partition coefficient (Wildman–Crippen LogP) is 4.33. The van der Waals surface area contributed by atoms with Gasteiger partial charge in [-0.2, -0.15) is 5.10 Å². The second kappa shape index (κ2) is 9.75. The molecule has 3 saturated heterocycles. The van der Waals surface area contributed by atoms with E-state index in [1.165, 1.54) is 31.4 Å². The zero-order valence-corrected chi connectivity index (χ0v) is 19.8. The lowest BCUT2D eigenvalue weighted by Gasteiger charge is -2.49. The minimum Gasteiger partial charge on any atom is -0.497 e. The Bertz CT molecular complexity index is 951. The Hall–Kier alpha value is -2.54. The van der Waals surface area contributed by atoms with Crippen LogP contribution in [0.1, 0.15) is 56.6 Å². The van der Waals surface area contributed by atoms with E-state index >= 15 is 0 Å². The molecule has 33 heavy (non-hydrogen) atoms. The average molecular weight is 453 g/mol. The van der Waals surface area contributed by atoms with E-state index in [-0.39, 0.29) is 6.09 Å². The summed E-state index contributed by atoms with van der Waals surface area (Å²) in [6.07, 6.45) is 7.89. The van der Waals surface area contributed by atoms with Gasteiger partial charge in [0.25, 0.3) is 0 Å². The van der Waals surface area contributed by atoms with Crippen LogP contribution in [0.4, 0.5) is 4.79 Å². The van der Waals surface area contributed by atoms with Gasteiger partial charge in [0.2, 0.25) is 0 Å². The van der Waals surface area contributed by atoms with E-state index in [0.29, 0.717) is 30.5 Å². The number of hydrogen-bond donors (Lipinski definition) is 1. The molecule has 6 rings (SSSR count). The fourth-order valence-corrected chi connectivity index (χ4v) is 6.01. The maximum absolute atomic E-state index is 12.3. The fraction of sp³-hybridized carbons (Fsp3) is 0.615. The van der Waals surface area contributed by atoms with Crippen molar-refractivity contribution in [2.24, 2.45) is 13.0 Å². The van der Waals surface area contributed by atoms with Crippen molar-refractivity contribution in [3.05, 3.63) is 36.0 Å². The normalized spacial score (nSPS) is 27.3. The van der Waals surface area contributed by atoms with Crippen LogP contribution in [0.2, 0.25) is 0 Å². The number of fused-ring (bicyclic) bond motifs is 3. The van der Waals surface area contributed by atoms with Gasteiger partial charge in [-0.05, 0) is 68.5 Å². The summed E-state index contributed by atoms with van der Waals surface area (Å²) in [7, 11) is 3.74. The standard InChI is InChI=1S/C26H36N4O3/c1-29-25(15-24(28-29)18-8-10-22(32-2)11-9-18)23-16-30-13-12-19(23)14-21(30)17-33-26(31)27-20-6-4-3-5-7-20/h8-11,15,19-21,23H,3-7,12-14,16-17H2,1-2H3,(H,27,31)/t19-,21+,23-/m0/s1. The SMILES string of the molecule is COc1ccc(-c2cc([C@H]3CN4CC[C@H]3C[C@@H]4COC(=O)NC3CCCCC3)n(C)n2)cc1. The van der Waals surface area contributed by atoms with E-state index in [2.05, 4.69) is 40.1 Å². The van der Waals surface area contributed by atoms with Crippen LogP contribution >= 0.6 is 0 Å². The Balaban J connectivity index is 1.19. The number of aromatic nitrogens is 2. The molecule has 4 atom stereocenters. The van der Waals surface area contributed by atoms with Crippen molar-refractivity contribution in [1.29, 1.82) is 0 Å². The number of methoxy groups -OCH3 is 1. The van der Waals surface area contributed by atoms with Gasteiger partial charge in [0.1, 0.15) is 12.4 Å². The van der Waals surface area contributed by atoms with Crippen LogP contribution in [-0.4, -0.2) is 59.7 Å². The van der Waals surface area contributed by atoms with Gasteiger partial charge in [-0.15, -0.1) is 0 Å². The van der Waals surface area contributed by atoms with Gasteiger partial charge in [0, 0.05) is 42.9 Å². The number of benzene rings is 1. The number of alkyl carbamates (subject to hydrolysis) is 1. The van der Waals surface area contributed by atoms with Crippen LogP contribution in [0.3, 0.4) is 0 Å². The molecule has 0 radical (unpaired) electrons. The molecule has 178 valence electrons. The first-order chi connectivity index (χ1) is 16.1. The maximum atomic E-state index is 12.3. The summed E-state index contributed by atoms with van der Waals surface area (Å²) in [5, 5.41) is 7.88. The van der Waals surface area contributed by atoms with Gasteiger partial charge in [0.15, 0.2) is 0 Å². The van der Waals surface area contributed by atoms with Crippen LogP contribution < -0.4 is 10.1 Å². The summed E-state index contributed by atoms with van der Waals surface area (Å²) >= 11 is 0. The molecule has 0 spiro atoms. The smallest absolute Gasteiger partial charge is 0.407 e. The maximum Gasteiger partial charge on any atom is 0.407 e. The van der Waals surface area contributed by atoms with Crippen LogP contribution in [0.15, 0.2) is 30.3 Å². The monoisotopic (exact) mass is 452 g/mol. The molecule has 2 bridgehead atoms. The number of piperidine rings is 3. The first-order valence-corrected chi connectivity index (χ1v) is 12.5. The van der Waals surface area contributed by atoms with Crippen LogP contribution in [0.5, 0.6) is 5.75 Å². The van der Waals surface area contributed by atoms with Gasteiger partial charge < -0.3 is 14.8 Å². The Morgan fingerprint density at radius 1 is 1.15 bits per heavy atom. The number of ether oxygens (including phenoxy) is 2. The number of nitrogens with one attached hydrogen (secondary N) is 1. The van der Waals surface area contributed by atoms with Gasteiger partial charge in [-0.25, -0.2) is 4.79 Å². The molecule has 7 nitrogen and oxygen atoms in total. The Morgan fingerprint density at radius 3 is 2.64 bits per heavy atom. The summed E-state index contributed by atoms with van der Waals surface area (Å²) in [6, 6.07) is 11.0. The molecule has 1 N–H and O–H groups in total. The van der Waals surface area contributed by atoms with E-state index in [1.54, 1.807) is 7.11 Å². The summed E-state index contributed by atoms with van der Waals surface area (Å²) < 4.78 is 13.0. The van der Waals surface area contributed by atoms with Crippen molar-refractivity contribution >= 4 is 6.09 Å². The molecule has 4 heterocycles. The minimum atomic E-state index is -0.239. The summed E-state index contributed by atoms with van der Waals surface area (Å²) in [5.74, 6) is 1.92. The first-order valence-electron chi connectivity index (χ1n) is 12.5. The van der Waals surface area contributed by atoms with E-state index in [9.17, 15) is 4.79 Å². The molecular weight excluding hydrogens is 416 g/mol. The van der Waals surface area contributed by atoms with Crippen LogP contribution in [-0.2, 0) is 11.8 Å². The average Bonchev–Trinajstić information content (AvgIpc) is 3.25. The zero-order chi connectivity index (χ0) is 22.8. The highest BCUT2D eigenvalue weighted by molar-refractivity contribution is 5.67. The molecule has 4 fully saturated rings. The molecule has 1 aromatic carbocycles. The third kappa shape index (κ3) is 4.88. The molecule has 1 unspecified atom stereocenters. The van der Waals surface area contributed by atoms with E-state index in [1.807, 2.05) is 12.1 Å². The highest BCUT2D eigenvalue weighted by atomic mass is 16.5. The lowest BCUT2D eigenvalue weighted by Crippen LogP contribution is -2.54. The van der Waals surface area contributed by atoms with Crippen molar-refractivity contribution in [3.63, 3.8) is 0 Å². The number of hydrogen-bond acceptors (Lipinski definition) is 5. The topological polar surface area (TPSA) is 68.6 Å². The molecule has 1 aliphatic carbocycles. The summed E-state index contributed by atoms with van der Waals surface area (Å²) in [4.78, 5) is 14.8. The van der Waals surface area contributed by atoms with E-state index in [0.717, 1.165) is 49.4 Å². The molecule has 7 heteroatoms. The zero-order valence-electron chi connectivity index (χ0n) is 19.8. The lowest BCUT2D eigenvalue weighted by molar-refractivity contribution is -0.00471. The van der Waals surface area contributed by atoms with Crippen LogP contribution in [0.25, 0.3) is 11.3 Å². The van der Waals surface area contributed by atoms with Crippen molar-refractivity contribution in [3.8, 4) is 17.0 Å². The largest absolute Gasteiger partial charge is 0.497 e. The predicted molar refractivity (Wildman–Crippen MR) is 127 cm³/mol. The molecule has 1 aromatic heterocycles. The van der Waals surface area contributed by atoms with Crippen LogP contribution in [0, 0.1) is 5.92 Å². The quantitative estimate of drug-likeness (QED) is 0.706. The molecule has 4 aliphatic rings. The van der Waals surface area contributed by atoms with Crippen molar-refractivity contribution in [2.75, 3.05) is 26.8 Å². The molecule has 1 amide bonds. The number of aryl methyl sites for hydroxylation is 1. The third-order valence-corrected chi connectivity index (χ3v) is 7.89. The summed E-state index contributed by atoms with van der Waals surface area (Å²) in [6.45, 7) is 2.58. The van der Waals surface area contributed by atoms with Gasteiger partial charge in [0.05, 0.1) is 12.8 Å². The molecule has 3 aliphatic heterocycles. The number of amides is 1. The van der Waals surface area contributed by atoms with Crippen molar-refractivity contribution in [2.45, 2.75) is 62.9 Å². The second-order valence-corrected chi connectivity index (χ2v) is 9.92. The third-order valence-electron chi connectivity index (χ3n) is 7.89. The number of carbonyl (C=O) groups excluding carboxylic acids is 1. The van der Waals surface area contributed by atoms with Gasteiger partial charge in [-0.3, -0.25) is 9.58 Å². The van der Waals surface area contributed by atoms with Crippen molar-refractivity contribution < 1.29 is 14.3 Å². The molecular formula is C26H36N4O3. The van der Waals surface area contributed by atoms with Gasteiger partial charge in [-0.1, -0.05) is 19.3 Å². The number of nitrogens with zero attached hydrogens (tertiary/aromatic N) is 3. The van der Waals surface area contributed by atoms with E-state index in [4.69, 9.17) is 14.6 Å². The second-order valence-electron chi connectivity index (χ2n) is 9.92. The fourth-order valence-electron chi connectivity index (χ4n) is 6.01. The Labute approximate surface area is 196 Å². The molecule has 1 saturated carbocycles. The minimum absolute atomic E-state index is 0.239. The number of carbonyl (C=O) groups is 1. The summed E-state index contributed by atoms with van der Waals surface area (Å²) in [5.41, 5.74) is 3.41. The number of rotatable bonds is 6. The Kier molecular flexibility index (Phi) is 6.58. The first kappa shape index (κ1) is 22.3. The van der Waals surface area contributed by atoms with E-state index < -0.39 is 0 Å².